The van der Waals surface area contributed by atoms with E-state index < -0.39 is 0 Å². The number of anilines is 1. The Bertz CT molecular complexity index is 1200. The van der Waals surface area contributed by atoms with Gasteiger partial charge in [-0.3, -0.25) is 19.8 Å². The van der Waals surface area contributed by atoms with Gasteiger partial charge in [0.1, 0.15) is 5.58 Å². The van der Waals surface area contributed by atoms with E-state index in [1.54, 1.807) is 49.6 Å². The van der Waals surface area contributed by atoms with E-state index in [2.05, 4.69) is 22.0 Å². The van der Waals surface area contributed by atoms with Crippen LogP contribution in [0.1, 0.15) is 6.92 Å². The number of amides is 1. The number of carbonyl (C=O) groups excluding carboxylic acids is 1. The number of ether oxygens (including phenoxy) is 2. The van der Waals surface area contributed by atoms with Gasteiger partial charge in [0.25, 0.3) is 0 Å². The first-order chi connectivity index (χ1) is 16.0. The zero-order valence-corrected chi connectivity index (χ0v) is 19.2. The highest BCUT2D eigenvalue weighted by Crippen LogP contribution is 2.35. The highest BCUT2D eigenvalue weighted by atomic mass is 16.5. The highest BCUT2D eigenvalue weighted by Gasteiger charge is 2.22. The van der Waals surface area contributed by atoms with Crippen molar-refractivity contribution in [2.45, 2.75) is 6.92 Å². The van der Waals surface area contributed by atoms with Crippen LogP contribution in [0.3, 0.4) is 0 Å². The molecule has 174 valence electrons. The minimum atomic E-state index is -0.226. The van der Waals surface area contributed by atoms with E-state index in [0.29, 0.717) is 28.0 Å². The van der Waals surface area contributed by atoms with Crippen molar-refractivity contribution in [1.29, 1.82) is 0 Å². The molecule has 8 heteroatoms. The summed E-state index contributed by atoms with van der Waals surface area (Å²) in [5.41, 5.74) is 1.03. The number of piperazine rings is 1. The van der Waals surface area contributed by atoms with E-state index >= 15 is 0 Å². The molecule has 2 heterocycles. The quantitative estimate of drug-likeness (QED) is 0.591. The second-order valence-corrected chi connectivity index (χ2v) is 7.96. The number of nitrogens with zero attached hydrogens (tertiary/aromatic N) is 2. The van der Waals surface area contributed by atoms with Crippen molar-refractivity contribution in [1.82, 2.24) is 9.80 Å². The lowest BCUT2D eigenvalue weighted by atomic mass is 10.0. The number of carbonyl (C=O) groups is 1. The third-order valence-corrected chi connectivity index (χ3v) is 6.00. The van der Waals surface area contributed by atoms with Crippen LogP contribution in [0.2, 0.25) is 0 Å². The summed E-state index contributed by atoms with van der Waals surface area (Å²) in [7, 11) is 3.08. The van der Waals surface area contributed by atoms with Crippen molar-refractivity contribution in [3.8, 4) is 22.6 Å². The number of rotatable bonds is 7. The third kappa shape index (κ3) is 4.86. The fraction of sp³-hybridized carbons (Fsp3) is 0.360. The van der Waals surface area contributed by atoms with Crippen molar-refractivity contribution < 1.29 is 18.7 Å². The lowest BCUT2D eigenvalue weighted by Crippen LogP contribution is -2.48. The zero-order valence-electron chi connectivity index (χ0n) is 19.2. The van der Waals surface area contributed by atoms with Crippen LogP contribution in [0, 0.1) is 0 Å². The average molecular weight is 452 g/mol. The smallest absolute Gasteiger partial charge is 0.240 e. The van der Waals surface area contributed by atoms with Crippen molar-refractivity contribution in [3.63, 3.8) is 0 Å². The second-order valence-electron chi connectivity index (χ2n) is 7.96. The first-order valence-corrected chi connectivity index (χ1v) is 11.1. The fourth-order valence-electron chi connectivity index (χ4n) is 4.12. The van der Waals surface area contributed by atoms with Gasteiger partial charge in [0.05, 0.1) is 31.7 Å². The number of hydrogen-bond donors (Lipinski definition) is 1. The van der Waals surface area contributed by atoms with E-state index in [4.69, 9.17) is 13.9 Å². The number of para-hydroxylation sites is 1. The predicted molar refractivity (Wildman–Crippen MR) is 128 cm³/mol. The molecule has 1 saturated heterocycles. The van der Waals surface area contributed by atoms with Crippen LogP contribution in [0.4, 0.5) is 5.88 Å². The van der Waals surface area contributed by atoms with Gasteiger partial charge in [-0.25, -0.2) is 0 Å². The molecule has 0 aliphatic carbocycles. The molecule has 0 saturated carbocycles. The lowest BCUT2D eigenvalue weighted by Gasteiger charge is -2.33. The molecule has 1 N–H and O–H groups in total. The number of likely N-dealkylation sites (N-methyl/N-ethyl adjacent to an activating group) is 1. The van der Waals surface area contributed by atoms with Crippen LogP contribution < -0.4 is 20.2 Å². The predicted octanol–water partition coefficient (Wildman–Crippen LogP) is 3.05. The molecule has 0 spiro atoms. The van der Waals surface area contributed by atoms with E-state index in [9.17, 15) is 9.59 Å². The fourth-order valence-corrected chi connectivity index (χ4v) is 4.12. The van der Waals surface area contributed by atoms with E-state index in [0.717, 1.165) is 32.7 Å². The van der Waals surface area contributed by atoms with Crippen molar-refractivity contribution in [2.24, 2.45) is 0 Å². The first-order valence-electron chi connectivity index (χ1n) is 11.1. The number of fused-ring (bicyclic) bond motifs is 1. The molecule has 0 radical (unpaired) electrons. The van der Waals surface area contributed by atoms with Crippen molar-refractivity contribution in [2.75, 3.05) is 58.8 Å². The summed E-state index contributed by atoms with van der Waals surface area (Å²) < 4.78 is 16.7. The average Bonchev–Trinajstić information content (AvgIpc) is 2.84. The summed E-state index contributed by atoms with van der Waals surface area (Å²) in [4.78, 5) is 30.8. The summed E-state index contributed by atoms with van der Waals surface area (Å²) in [5, 5.41) is 3.29. The zero-order chi connectivity index (χ0) is 23.4. The van der Waals surface area contributed by atoms with Crippen LogP contribution in [0.15, 0.2) is 51.7 Å². The Morgan fingerprint density at radius 2 is 1.70 bits per heavy atom. The molecule has 4 rings (SSSR count). The summed E-state index contributed by atoms with van der Waals surface area (Å²) in [6, 6.07) is 12.2. The van der Waals surface area contributed by atoms with E-state index in [1.165, 1.54) is 7.11 Å². The molecule has 1 amide bonds. The maximum atomic E-state index is 13.4. The Labute approximate surface area is 192 Å². The molecule has 8 nitrogen and oxygen atoms in total. The minimum Gasteiger partial charge on any atom is -0.493 e. The second kappa shape index (κ2) is 10.1. The Balaban J connectivity index is 1.69. The Morgan fingerprint density at radius 3 is 2.39 bits per heavy atom. The molecular formula is C25H29N3O5. The Hall–Kier alpha value is -3.36. The molecule has 0 atom stereocenters. The van der Waals surface area contributed by atoms with E-state index in [-0.39, 0.29) is 29.3 Å². The SMILES string of the molecule is CCN1CCN(CC(=O)Nc2oc3ccccc3c(=O)c2-c2ccc(OC)c(OC)c2)CC1. The molecule has 0 unspecified atom stereocenters. The van der Waals surface area contributed by atoms with Gasteiger partial charge >= 0.3 is 0 Å². The van der Waals surface area contributed by atoms with Gasteiger partial charge in [-0.2, -0.15) is 0 Å². The highest BCUT2D eigenvalue weighted by molar-refractivity contribution is 5.97. The first kappa shape index (κ1) is 22.8. The normalized spacial score (nSPS) is 14.9. The maximum Gasteiger partial charge on any atom is 0.240 e. The number of hydrogen-bond acceptors (Lipinski definition) is 7. The summed E-state index contributed by atoms with van der Waals surface area (Å²) in [6.07, 6.45) is 0. The van der Waals surface area contributed by atoms with E-state index in [1.807, 2.05) is 0 Å². The van der Waals surface area contributed by atoms with Gasteiger partial charge < -0.3 is 18.8 Å². The van der Waals surface area contributed by atoms with Crippen LogP contribution in [-0.4, -0.2) is 69.2 Å². The van der Waals surface area contributed by atoms with Crippen molar-refractivity contribution in [3.05, 3.63) is 52.7 Å². The number of methoxy groups -OCH3 is 2. The minimum absolute atomic E-state index is 0.128. The standard InChI is InChI=1S/C25H29N3O5/c1-4-27-11-13-28(14-12-27)16-22(29)26-25-23(17-9-10-20(31-2)21(15-17)32-3)24(30)18-7-5-6-8-19(18)33-25/h5-10,15H,4,11-14,16H2,1-3H3,(H,26,29). The maximum absolute atomic E-state index is 13.4. The molecule has 33 heavy (non-hydrogen) atoms. The summed E-state index contributed by atoms with van der Waals surface area (Å²) >= 11 is 0. The van der Waals surface area contributed by atoms with Gasteiger partial charge in [0.15, 0.2) is 11.5 Å². The van der Waals surface area contributed by atoms with Crippen LogP contribution in [-0.2, 0) is 4.79 Å². The molecule has 0 bridgehead atoms. The van der Waals surface area contributed by atoms with Crippen LogP contribution >= 0.6 is 0 Å². The number of nitrogens with one attached hydrogen (secondary N) is 1. The topological polar surface area (TPSA) is 84.2 Å². The molecule has 1 fully saturated rings. The van der Waals surface area contributed by atoms with Gasteiger partial charge in [-0.15, -0.1) is 0 Å². The molecular weight excluding hydrogens is 422 g/mol. The largest absolute Gasteiger partial charge is 0.493 e. The summed E-state index contributed by atoms with van der Waals surface area (Å²) in [6.45, 7) is 6.91. The van der Waals surface area contributed by atoms with Gasteiger partial charge in [0, 0.05) is 26.2 Å². The lowest BCUT2D eigenvalue weighted by molar-refractivity contribution is -0.117. The molecule has 1 aromatic heterocycles. The number of benzene rings is 2. The Kier molecular flexibility index (Phi) is 6.96. The van der Waals surface area contributed by atoms with Crippen LogP contribution in [0.5, 0.6) is 11.5 Å². The van der Waals surface area contributed by atoms with Crippen LogP contribution in [0.25, 0.3) is 22.1 Å². The van der Waals surface area contributed by atoms with Gasteiger partial charge in [0.2, 0.25) is 17.2 Å². The van der Waals surface area contributed by atoms with Crippen molar-refractivity contribution >= 4 is 22.8 Å². The third-order valence-electron chi connectivity index (χ3n) is 6.00. The molecule has 3 aromatic rings. The molecule has 1 aliphatic rings. The monoisotopic (exact) mass is 451 g/mol. The van der Waals surface area contributed by atoms with Gasteiger partial charge in [-0.1, -0.05) is 25.1 Å². The molecule has 1 aliphatic heterocycles. The summed E-state index contributed by atoms with van der Waals surface area (Å²) in [5.74, 6) is 0.931. The molecule has 2 aromatic carbocycles. The van der Waals surface area contributed by atoms with Gasteiger partial charge in [-0.05, 0) is 36.4 Å². The Morgan fingerprint density at radius 1 is 1.00 bits per heavy atom.